The molecule has 1 saturated heterocycles. The van der Waals surface area contributed by atoms with Gasteiger partial charge in [0.1, 0.15) is 11.9 Å². The second-order valence-electron chi connectivity index (χ2n) is 6.54. The minimum atomic E-state index is -0.296. The molecule has 8 nitrogen and oxygen atoms in total. The lowest BCUT2D eigenvalue weighted by Crippen LogP contribution is -2.37. The zero-order valence-corrected chi connectivity index (χ0v) is 16.7. The fourth-order valence-corrected chi connectivity index (χ4v) is 3.87. The largest absolute Gasteiger partial charge is 0.496 e. The van der Waals surface area contributed by atoms with Crippen molar-refractivity contribution in [1.82, 2.24) is 20.5 Å². The predicted molar refractivity (Wildman–Crippen MR) is 111 cm³/mol. The van der Waals surface area contributed by atoms with Crippen LogP contribution in [0.15, 0.2) is 42.7 Å². The second-order valence-corrected chi connectivity index (χ2v) is 7.48. The van der Waals surface area contributed by atoms with Crippen molar-refractivity contribution in [3.05, 3.63) is 48.3 Å². The van der Waals surface area contributed by atoms with Crippen molar-refractivity contribution in [3.8, 4) is 22.1 Å². The van der Waals surface area contributed by atoms with Crippen LogP contribution in [0.3, 0.4) is 0 Å². The normalized spacial score (nSPS) is 16.2. The van der Waals surface area contributed by atoms with Crippen LogP contribution in [0.4, 0.5) is 5.13 Å². The highest BCUT2D eigenvalue weighted by molar-refractivity contribution is 7.17. The Hall–Kier alpha value is -3.04. The molecule has 2 N–H and O–H groups in total. The standard InChI is InChI=1S/C20H21N5O3S/c1-27-17-7-3-2-6-14(17)16-12-22-10-8-15(16)18(26)23-19-24-25-20(29-19)28-13-5-4-9-21-11-13/h2-3,6-8,10,12-13,21H,4-5,9,11H2,1H3,(H,23,24,26). The molecule has 4 rings (SSSR count). The zero-order chi connectivity index (χ0) is 20.1. The van der Waals surface area contributed by atoms with Crippen LogP contribution in [0.25, 0.3) is 11.1 Å². The first kappa shape index (κ1) is 19.3. The molecule has 29 heavy (non-hydrogen) atoms. The zero-order valence-electron chi connectivity index (χ0n) is 15.9. The van der Waals surface area contributed by atoms with Crippen molar-refractivity contribution in [2.75, 3.05) is 25.5 Å². The van der Waals surface area contributed by atoms with Gasteiger partial charge in [0.15, 0.2) is 0 Å². The average molecular weight is 411 g/mol. The molecule has 1 unspecified atom stereocenters. The summed E-state index contributed by atoms with van der Waals surface area (Å²) < 4.78 is 11.3. The van der Waals surface area contributed by atoms with Crippen LogP contribution in [-0.2, 0) is 0 Å². The molecule has 1 fully saturated rings. The lowest BCUT2D eigenvalue weighted by Gasteiger charge is -2.21. The topological polar surface area (TPSA) is 98.3 Å². The minimum Gasteiger partial charge on any atom is -0.496 e. The molecule has 0 saturated carbocycles. The van der Waals surface area contributed by atoms with E-state index in [0.717, 1.165) is 31.5 Å². The molecule has 1 amide bonds. The molecule has 1 atom stereocenters. The molecule has 9 heteroatoms. The van der Waals surface area contributed by atoms with Crippen LogP contribution in [0.5, 0.6) is 10.9 Å². The van der Waals surface area contributed by atoms with Gasteiger partial charge in [-0.25, -0.2) is 0 Å². The quantitative estimate of drug-likeness (QED) is 0.643. The highest BCUT2D eigenvalue weighted by atomic mass is 32.1. The van der Waals surface area contributed by atoms with E-state index in [9.17, 15) is 4.79 Å². The Bertz CT molecular complexity index is 988. The third kappa shape index (κ3) is 4.52. The number of amides is 1. The number of hydrogen-bond donors (Lipinski definition) is 2. The van der Waals surface area contributed by atoms with Crippen molar-refractivity contribution in [1.29, 1.82) is 0 Å². The predicted octanol–water partition coefficient (Wildman–Crippen LogP) is 2.99. The van der Waals surface area contributed by atoms with Crippen LogP contribution < -0.4 is 20.1 Å². The van der Waals surface area contributed by atoms with Gasteiger partial charge in [0, 0.05) is 30.1 Å². The first-order valence-electron chi connectivity index (χ1n) is 9.34. The van der Waals surface area contributed by atoms with Gasteiger partial charge in [0.05, 0.1) is 12.7 Å². The van der Waals surface area contributed by atoms with Crippen LogP contribution in [0.1, 0.15) is 23.2 Å². The average Bonchev–Trinajstić information content (AvgIpc) is 3.21. The summed E-state index contributed by atoms with van der Waals surface area (Å²) in [5.41, 5.74) is 1.94. The van der Waals surface area contributed by atoms with Gasteiger partial charge in [-0.15, -0.1) is 5.10 Å². The monoisotopic (exact) mass is 411 g/mol. The molecule has 3 aromatic rings. The summed E-state index contributed by atoms with van der Waals surface area (Å²) >= 11 is 1.21. The number of nitrogens with one attached hydrogen (secondary N) is 2. The summed E-state index contributed by atoms with van der Waals surface area (Å²) in [7, 11) is 1.60. The smallest absolute Gasteiger partial charge is 0.296 e. The van der Waals surface area contributed by atoms with Crippen LogP contribution >= 0.6 is 11.3 Å². The Kier molecular flexibility index (Phi) is 5.97. The maximum absolute atomic E-state index is 12.9. The van der Waals surface area contributed by atoms with Crippen molar-refractivity contribution in [2.24, 2.45) is 0 Å². The fourth-order valence-electron chi connectivity index (χ4n) is 3.21. The maximum Gasteiger partial charge on any atom is 0.296 e. The molecular formula is C20H21N5O3S. The number of piperidine rings is 1. The number of nitrogens with zero attached hydrogens (tertiary/aromatic N) is 3. The molecule has 1 aliphatic rings. The Morgan fingerprint density at radius 3 is 2.97 bits per heavy atom. The molecule has 1 aromatic carbocycles. The molecule has 0 spiro atoms. The second kappa shape index (κ2) is 8.97. The summed E-state index contributed by atoms with van der Waals surface area (Å²) in [6.07, 6.45) is 5.36. The third-order valence-corrected chi connectivity index (χ3v) is 5.34. The summed E-state index contributed by atoms with van der Waals surface area (Å²) in [6.45, 7) is 1.80. The number of benzene rings is 1. The summed E-state index contributed by atoms with van der Waals surface area (Å²) in [5, 5.41) is 15.0. The van der Waals surface area contributed by atoms with Gasteiger partial charge in [-0.2, -0.15) is 0 Å². The lowest BCUT2D eigenvalue weighted by atomic mass is 10.0. The van der Waals surface area contributed by atoms with Gasteiger partial charge in [-0.05, 0) is 42.9 Å². The van der Waals surface area contributed by atoms with Crippen molar-refractivity contribution >= 4 is 22.4 Å². The van der Waals surface area contributed by atoms with Gasteiger partial charge < -0.3 is 14.8 Å². The van der Waals surface area contributed by atoms with Crippen molar-refractivity contribution in [3.63, 3.8) is 0 Å². The van der Waals surface area contributed by atoms with Gasteiger partial charge in [-0.3, -0.25) is 15.1 Å². The number of anilines is 1. The number of hydrogen-bond acceptors (Lipinski definition) is 8. The van der Waals surface area contributed by atoms with E-state index in [4.69, 9.17) is 9.47 Å². The van der Waals surface area contributed by atoms with E-state index in [1.54, 1.807) is 25.6 Å². The Morgan fingerprint density at radius 2 is 2.14 bits per heavy atom. The summed E-state index contributed by atoms with van der Waals surface area (Å²) in [4.78, 5) is 17.1. The fraction of sp³-hybridized carbons (Fsp3) is 0.300. The Labute approximate surface area is 172 Å². The number of rotatable bonds is 6. The number of ether oxygens (including phenoxy) is 2. The van der Waals surface area contributed by atoms with Crippen molar-refractivity contribution < 1.29 is 14.3 Å². The van der Waals surface area contributed by atoms with E-state index >= 15 is 0 Å². The molecule has 0 radical (unpaired) electrons. The Morgan fingerprint density at radius 1 is 1.24 bits per heavy atom. The third-order valence-electron chi connectivity index (χ3n) is 4.61. The van der Waals surface area contributed by atoms with E-state index in [1.807, 2.05) is 24.3 Å². The first-order valence-corrected chi connectivity index (χ1v) is 10.2. The van der Waals surface area contributed by atoms with E-state index in [2.05, 4.69) is 25.8 Å². The van der Waals surface area contributed by atoms with E-state index in [-0.39, 0.29) is 12.0 Å². The maximum atomic E-state index is 12.9. The highest BCUT2D eigenvalue weighted by Crippen LogP contribution is 2.32. The molecular weight excluding hydrogens is 390 g/mol. The van der Waals surface area contributed by atoms with Gasteiger partial charge in [0.25, 0.3) is 11.1 Å². The molecule has 2 aromatic heterocycles. The number of para-hydroxylation sites is 1. The van der Waals surface area contributed by atoms with Gasteiger partial charge in [-0.1, -0.05) is 23.3 Å². The Balaban J connectivity index is 1.51. The van der Waals surface area contributed by atoms with Gasteiger partial charge >= 0.3 is 0 Å². The number of carbonyl (C=O) groups is 1. The van der Waals surface area contributed by atoms with Crippen LogP contribution in [-0.4, -0.2) is 47.4 Å². The molecule has 1 aliphatic heterocycles. The molecule has 3 heterocycles. The summed E-state index contributed by atoms with van der Waals surface area (Å²) in [6, 6.07) is 9.17. The minimum absolute atomic E-state index is 0.0811. The molecule has 0 aliphatic carbocycles. The van der Waals surface area contributed by atoms with E-state index < -0.39 is 0 Å². The number of methoxy groups -OCH3 is 1. The van der Waals surface area contributed by atoms with Crippen LogP contribution in [0, 0.1) is 0 Å². The van der Waals surface area contributed by atoms with Crippen LogP contribution in [0.2, 0.25) is 0 Å². The first-order chi connectivity index (χ1) is 14.2. The highest BCUT2D eigenvalue weighted by Gasteiger charge is 2.19. The van der Waals surface area contributed by atoms with Gasteiger partial charge in [0.2, 0.25) is 5.13 Å². The number of carbonyl (C=O) groups excluding carboxylic acids is 1. The SMILES string of the molecule is COc1ccccc1-c1cnccc1C(=O)Nc1nnc(OC2CCCNC2)s1. The lowest BCUT2D eigenvalue weighted by molar-refractivity contribution is 0.102. The van der Waals surface area contributed by atoms with Crippen molar-refractivity contribution in [2.45, 2.75) is 18.9 Å². The van der Waals surface area contributed by atoms with E-state index in [0.29, 0.717) is 27.2 Å². The summed E-state index contributed by atoms with van der Waals surface area (Å²) in [5.74, 6) is 0.373. The molecule has 150 valence electrons. The van der Waals surface area contributed by atoms with E-state index in [1.165, 1.54) is 11.3 Å². The number of pyridine rings is 1. The number of aromatic nitrogens is 3. The molecule has 0 bridgehead atoms.